The van der Waals surface area contributed by atoms with Crippen molar-refractivity contribution in [2.45, 2.75) is 328 Å². The fraction of sp³-hybridized carbons (Fsp3) is 0.869. The highest BCUT2D eigenvalue weighted by Gasteiger charge is 2.18. The number of esters is 1. The van der Waals surface area contributed by atoms with Gasteiger partial charge >= 0.3 is 5.97 Å². The third kappa shape index (κ3) is 53.3. The van der Waals surface area contributed by atoms with E-state index in [4.69, 9.17) is 4.74 Å². The van der Waals surface area contributed by atoms with Gasteiger partial charge < -0.3 is 20.3 Å². The van der Waals surface area contributed by atoms with E-state index in [0.717, 1.165) is 70.6 Å². The minimum Gasteiger partial charge on any atom is -0.466 e. The van der Waals surface area contributed by atoms with E-state index in [-0.39, 0.29) is 18.5 Å². The summed E-state index contributed by atoms with van der Waals surface area (Å²) in [6, 6.07) is -0.667. The monoisotopic (exact) mass is 942 g/mol. The predicted molar refractivity (Wildman–Crippen MR) is 292 cm³/mol. The van der Waals surface area contributed by atoms with Crippen LogP contribution in [0, 0.1) is 0 Å². The fourth-order valence-electron chi connectivity index (χ4n) is 9.04. The Morgan fingerprint density at radius 3 is 1.09 bits per heavy atom. The molecule has 0 aliphatic rings. The van der Waals surface area contributed by atoms with Gasteiger partial charge in [-0.25, -0.2) is 0 Å². The van der Waals surface area contributed by atoms with Gasteiger partial charge in [-0.05, 0) is 77.0 Å². The summed E-state index contributed by atoms with van der Waals surface area (Å²) in [5.74, 6) is -0.167. The van der Waals surface area contributed by atoms with Crippen LogP contribution in [0.3, 0.4) is 0 Å². The first-order valence-electron chi connectivity index (χ1n) is 29.8. The smallest absolute Gasteiger partial charge is 0.305 e. The molecule has 0 rings (SSSR count). The molecule has 0 spiro atoms. The van der Waals surface area contributed by atoms with Crippen LogP contribution in [0.5, 0.6) is 0 Å². The second kappa shape index (κ2) is 56.7. The quantitative estimate of drug-likeness (QED) is 0.0321. The number of ether oxygens (including phenoxy) is 1. The molecule has 0 aromatic rings. The number of carbonyl (C=O) groups is 2. The average Bonchev–Trinajstić information content (AvgIpc) is 3.33. The number of hydrogen-bond acceptors (Lipinski definition) is 5. The Kier molecular flexibility index (Phi) is 55.0. The number of hydrogen-bond donors (Lipinski definition) is 3. The lowest BCUT2D eigenvalue weighted by Crippen LogP contribution is -2.45. The first-order valence-corrected chi connectivity index (χ1v) is 29.8. The highest BCUT2D eigenvalue weighted by molar-refractivity contribution is 5.76. The van der Waals surface area contributed by atoms with Gasteiger partial charge in [-0.3, -0.25) is 9.59 Å². The molecule has 0 aliphatic heterocycles. The van der Waals surface area contributed by atoms with Crippen molar-refractivity contribution >= 4 is 11.9 Å². The van der Waals surface area contributed by atoms with Gasteiger partial charge in [-0.15, -0.1) is 0 Å². The molecule has 0 radical (unpaired) electrons. The number of rotatable bonds is 55. The zero-order valence-electron chi connectivity index (χ0n) is 44.9. The fourth-order valence-corrected chi connectivity index (χ4v) is 9.04. The van der Waals surface area contributed by atoms with E-state index in [1.54, 1.807) is 6.08 Å². The van der Waals surface area contributed by atoms with Gasteiger partial charge in [0.15, 0.2) is 0 Å². The van der Waals surface area contributed by atoms with Gasteiger partial charge in [0.1, 0.15) is 0 Å². The summed E-state index contributed by atoms with van der Waals surface area (Å²) in [6.07, 6.45) is 70.4. The van der Waals surface area contributed by atoms with E-state index in [1.165, 1.54) is 218 Å². The lowest BCUT2D eigenvalue weighted by molar-refractivity contribution is -0.143. The zero-order chi connectivity index (χ0) is 48.6. The molecule has 394 valence electrons. The maximum atomic E-state index is 12.5. The third-order valence-electron chi connectivity index (χ3n) is 13.6. The van der Waals surface area contributed by atoms with Gasteiger partial charge in [0.2, 0.25) is 5.91 Å². The number of carbonyl (C=O) groups excluding carboxylic acids is 2. The number of amides is 1. The predicted octanol–water partition coefficient (Wildman–Crippen LogP) is 18.4. The first-order chi connectivity index (χ1) is 33.0. The molecule has 0 aromatic carbocycles. The van der Waals surface area contributed by atoms with Gasteiger partial charge in [-0.1, -0.05) is 262 Å². The Morgan fingerprint density at radius 2 is 0.716 bits per heavy atom. The Morgan fingerprint density at radius 1 is 0.403 bits per heavy atom. The summed E-state index contributed by atoms with van der Waals surface area (Å²) < 4.78 is 5.46. The van der Waals surface area contributed by atoms with Crippen LogP contribution in [-0.2, 0) is 14.3 Å². The molecule has 0 saturated carbocycles. The molecule has 2 atom stereocenters. The van der Waals surface area contributed by atoms with Gasteiger partial charge in [0.25, 0.3) is 0 Å². The minimum atomic E-state index is -0.877. The zero-order valence-corrected chi connectivity index (χ0v) is 44.9. The Balaban J connectivity index is 3.55. The Hall–Kier alpha value is -1.92. The third-order valence-corrected chi connectivity index (χ3v) is 13.6. The topological polar surface area (TPSA) is 95.9 Å². The number of allylic oxidation sites excluding steroid dienone is 5. The molecule has 0 aromatic heterocycles. The number of nitrogens with one attached hydrogen (secondary N) is 1. The molecule has 3 N–H and O–H groups in total. The molecule has 0 heterocycles. The summed E-state index contributed by atoms with van der Waals surface area (Å²) in [5.41, 5.74) is 0. The second-order valence-corrected chi connectivity index (χ2v) is 20.3. The molecule has 0 fully saturated rings. The summed E-state index contributed by atoms with van der Waals surface area (Å²) in [7, 11) is 0. The molecular formula is C61H115NO5. The summed E-state index contributed by atoms with van der Waals surface area (Å²) in [6.45, 7) is 4.83. The average molecular weight is 943 g/mol. The maximum Gasteiger partial charge on any atom is 0.305 e. The lowest BCUT2D eigenvalue weighted by Gasteiger charge is -2.19. The minimum absolute atomic E-state index is 0.0404. The number of aliphatic hydroxyl groups excluding tert-OH is 2. The van der Waals surface area contributed by atoms with Crippen molar-refractivity contribution in [2.24, 2.45) is 0 Å². The molecule has 6 heteroatoms. The van der Waals surface area contributed by atoms with E-state index >= 15 is 0 Å². The van der Waals surface area contributed by atoms with Crippen molar-refractivity contribution in [1.29, 1.82) is 0 Å². The van der Waals surface area contributed by atoms with Crippen LogP contribution in [0.2, 0.25) is 0 Å². The first kappa shape index (κ1) is 65.1. The van der Waals surface area contributed by atoms with E-state index < -0.39 is 12.1 Å². The van der Waals surface area contributed by atoms with Crippen LogP contribution < -0.4 is 5.32 Å². The number of unbranched alkanes of at least 4 members (excludes halogenated alkanes) is 40. The van der Waals surface area contributed by atoms with Crippen molar-refractivity contribution in [2.75, 3.05) is 13.2 Å². The second-order valence-electron chi connectivity index (χ2n) is 20.3. The van der Waals surface area contributed by atoms with Crippen LogP contribution in [0.1, 0.15) is 316 Å². The molecular weight excluding hydrogens is 827 g/mol. The van der Waals surface area contributed by atoms with E-state index in [2.05, 4.69) is 43.5 Å². The lowest BCUT2D eigenvalue weighted by atomic mass is 10.0. The van der Waals surface area contributed by atoms with Gasteiger partial charge in [-0.2, -0.15) is 0 Å². The molecule has 67 heavy (non-hydrogen) atoms. The van der Waals surface area contributed by atoms with Crippen LogP contribution in [0.25, 0.3) is 0 Å². The van der Waals surface area contributed by atoms with E-state index in [9.17, 15) is 19.8 Å². The molecule has 0 saturated heterocycles. The molecule has 6 nitrogen and oxygen atoms in total. The van der Waals surface area contributed by atoms with E-state index in [1.807, 2.05) is 6.08 Å². The van der Waals surface area contributed by atoms with Crippen molar-refractivity contribution < 1.29 is 24.5 Å². The molecule has 1 amide bonds. The summed E-state index contributed by atoms with van der Waals surface area (Å²) in [4.78, 5) is 24.5. The Bertz CT molecular complexity index is 1090. The normalized spacial score (nSPS) is 12.8. The molecule has 0 aliphatic carbocycles. The number of aliphatic hydroxyl groups is 2. The van der Waals surface area contributed by atoms with Crippen LogP contribution in [-0.4, -0.2) is 47.4 Å². The standard InChI is InChI=1S/C61H115NO5/c1-3-5-7-9-11-13-15-17-19-21-23-24-25-26-27-28-30-32-34-37-41-45-49-53-59(64)58(57-63)62-60(65)54-50-46-42-38-36-40-44-48-52-56-67-61(66)55-51-47-43-39-35-33-31-29-22-20-18-16-14-12-10-8-6-4-2/h20,22,38,42,49,53,58-59,63-64H,3-19,21,23-37,39-41,43-48,50-52,54-57H2,1-2H3,(H,62,65)/b22-20-,42-38-,53-49+. The van der Waals surface area contributed by atoms with Crippen LogP contribution in [0.4, 0.5) is 0 Å². The largest absolute Gasteiger partial charge is 0.466 e. The maximum absolute atomic E-state index is 12.5. The summed E-state index contributed by atoms with van der Waals surface area (Å²) in [5, 5.41) is 23.1. The highest BCUT2D eigenvalue weighted by atomic mass is 16.5. The van der Waals surface area contributed by atoms with Crippen molar-refractivity contribution in [3.63, 3.8) is 0 Å². The Labute approximate surface area is 417 Å². The van der Waals surface area contributed by atoms with E-state index in [0.29, 0.717) is 19.4 Å². The molecule has 0 bridgehead atoms. The molecule has 2 unspecified atom stereocenters. The van der Waals surface area contributed by atoms with Crippen molar-refractivity contribution in [3.05, 3.63) is 36.5 Å². The van der Waals surface area contributed by atoms with Crippen LogP contribution in [0.15, 0.2) is 36.5 Å². The van der Waals surface area contributed by atoms with Crippen molar-refractivity contribution in [1.82, 2.24) is 5.32 Å². The van der Waals surface area contributed by atoms with Crippen molar-refractivity contribution in [3.8, 4) is 0 Å². The highest BCUT2D eigenvalue weighted by Crippen LogP contribution is 2.17. The van der Waals surface area contributed by atoms with Crippen LogP contribution >= 0.6 is 0 Å². The van der Waals surface area contributed by atoms with Gasteiger partial charge in [0, 0.05) is 12.8 Å². The summed E-state index contributed by atoms with van der Waals surface area (Å²) >= 11 is 0. The SMILES string of the molecule is CCCCCCCCC/C=C\CCCCCCCCCC(=O)OCCCCCC/C=C\CCCC(=O)NC(CO)C(O)/C=C/CCCCCCCCCCCCCCCCCCCCCCC. The van der Waals surface area contributed by atoms with Gasteiger partial charge in [0.05, 0.1) is 25.4 Å².